The summed E-state index contributed by atoms with van der Waals surface area (Å²) >= 11 is 1.37. The smallest absolute Gasteiger partial charge is 0.242 e. The van der Waals surface area contributed by atoms with Gasteiger partial charge in [-0.05, 0) is 30.2 Å². The largest absolute Gasteiger partial charge is 0.495 e. The van der Waals surface area contributed by atoms with Crippen molar-refractivity contribution in [1.82, 2.24) is 14.8 Å². The van der Waals surface area contributed by atoms with Crippen molar-refractivity contribution >= 4 is 23.4 Å². The van der Waals surface area contributed by atoms with E-state index in [2.05, 4.69) is 15.5 Å². The predicted octanol–water partition coefficient (Wildman–Crippen LogP) is 5.27. The molecule has 0 saturated carbocycles. The molecule has 0 radical (unpaired) electrons. The summed E-state index contributed by atoms with van der Waals surface area (Å²) in [6.45, 7) is 1.98. The normalized spacial score (nSPS) is 11.7. The van der Waals surface area contributed by atoms with Gasteiger partial charge in [0.1, 0.15) is 11.0 Å². The second kappa shape index (κ2) is 9.70. The van der Waals surface area contributed by atoms with Gasteiger partial charge in [0.15, 0.2) is 11.0 Å². The second-order valence-corrected chi connectivity index (χ2v) is 8.41. The molecule has 0 aliphatic carbocycles. The minimum absolute atomic E-state index is 0.158. The molecule has 4 aromatic rings. The van der Waals surface area contributed by atoms with Gasteiger partial charge >= 0.3 is 0 Å². The monoisotopic (exact) mass is 444 g/mol. The highest BCUT2D eigenvalue weighted by molar-refractivity contribution is 8.00. The van der Waals surface area contributed by atoms with Gasteiger partial charge in [0.2, 0.25) is 5.91 Å². The number of nitrogens with one attached hydrogen (secondary N) is 1. The summed E-state index contributed by atoms with van der Waals surface area (Å²) in [6.07, 6.45) is 0. The van der Waals surface area contributed by atoms with Crippen molar-refractivity contribution in [3.63, 3.8) is 0 Å². The first-order valence-corrected chi connectivity index (χ1v) is 11.1. The minimum atomic E-state index is -0.520. The number of thioether (sulfide) groups is 1. The Morgan fingerprint density at radius 2 is 1.69 bits per heavy atom. The van der Waals surface area contributed by atoms with Crippen molar-refractivity contribution < 1.29 is 9.53 Å². The molecule has 1 N–H and O–H groups in total. The van der Waals surface area contributed by atoms with Crippen molar-refractivity contribution in [1.29, 1.82) is 0 Å². The summed E-state index contributed by atoms with van der Waals surface area (Å²) in [5, 5.41) is 11.9. The maximum atomic E-state index is 13.4. The standard InChI is InChI=1S/C25H24N4O2S/c1-17-14-15-21(31-3)20(16-17)26-24(30)22(18-10-6-4-7-11-18)32-25-28-27-23(29(25)2)19-12-8-5-9-13-19/h4-16,22H,1-3H3,(H,26,30). The van der Waals surface area contributed by atoms with Gasteiger partial charge in [-0.25, -0.2) is 0 Å². The third-order valence-corrected chi connectivity index (χ3v) is 6.33. The Labute approximate surface area is 191 Å². The zero-order valence-corrected chi connectivity index (χ0v) is 19.0. The van der Waals surface area contributed by atoms with Crippen molar-refractivity contribution in [2.75, 3.05) is 12.4 Å². The van der Waals surface area contributed by atoms with Crippen LogP contribution in [0.2, 0.25) is 0 Å². The van der Waals surface area contributed by atoms with E-state index in [1.807, 2.05) is 97.4 Å². The fraction of sp³-hybridized carbons (Fsp3) is 0.160. The van der Waals surface area contributed by atoms with Gasteiger partial charge in [-0.2, -0.15) is 0 Å². The van der Waals surface area contributed by atoms with E-state index in [-0.39, 0.29) is 5.91 Å². The summed E-state index contributed by atoms with van der Waals surface area (Å²) < 4.78 is 7.34. The van der Waals surface area contributed by atoms with E-state index in [4.69, 9.17) is 4.74 Å². The van der Waals surface area contributed by atoms with Crippen LogP contribution in [0.25, 0.3) is 11.4 Å². The molecule has 3 aromatic carbocycles. The highest BCUT2D eigenvalue weighted by atomic mass is 32.2. The molecule has 1 atom stereocenters. The van der Waals surface area contributed by atoms with Crippen LogP contribution in [0, 0.1) is 6.92 Å². The lowest BCUT2D eigenvalue weighted by Gasteiger charge is -2.18. The van der Waals surface area contributed by atoms with Crippen LogP contribution in [0.1, 0.15) is 16.4 Å². The maximum Gasteiger partial charge on any atom is 0.242 e. The van der Waals surface area contributed by atoms with Gasteiger partial charge in [0.05, 0.1) is 12.8 Å². The highest BCUT2D eigenvalue weighted by Gasteiger charge is 2.26. The number of amides is 1. The topological polar surface area (TPSA) is 69.0 Å². The Balaban J connectivity index is 1.65. The lowest BCUT2D eigenvalue weighted by Crippen LogP contribution is -2.20. The quantitative estimate of drug-likeness (QED) is 0.393. The Hall–Kier alpha value is -3.58. The lowest BCUT2D eigenvalue weighted by atomic mass is 10.1. The van der Waals surface area contributed by atoms with Gasteiger partial charge in [-0.1, -0.05) is 78.5 Å². The number of ether oxygens (including phenoxy) is 1. The van der Waals surface area contributed by atoms with Gasteiger partial charge < -0.3 is 14.6 Å². The Kier molecular flexibility index (Phi) is 6.56. The molecule has 7 heteroatoms. The summed E-state index contributed by atoms with van der Waals surface area (Å²) in [4.78, 5) is 13.4. The molecule has 0 aliphatic rings. The van der Waals surface area contributed by atoms with Crippen LogP contribution in [0.3, 0.4) is 0 Å². The molecule has 1 aromatic heterocycles. The number of carbonyl (C=O) groups excluding carboxylic acids is 1. The first kappa shape index (κ1) is 21.6. The summed E-state index contributed by atoms with van der Waals surface area (Å²) in [6, 6.07) is 25.2. The average Bonchev–Trinajstić information content (AvgIpc) is 3.18. The number of benzene rings is 3. The van der Waals surface area contributed by atoms with Gasteiger partial charge in [-0.15, -0.1) is 10.2 Å². The number of aryl methyl sites for hydroxylation is 1. The first-order chi connectivity index (χ1) is 15.6. The average molecular weight is 445 g/mol. The fourth-order valence-electron chi connectivity index (χ4n) is 3.38. The summed E-state index contributed by atoms with van der Waals surface area (Å²) in [7, 11) is 3.50. The van der Waals surface area contributed by atoms with Gasteiger partial charge in [-0.3, -0.25) is 4.79 Å². The molecular weight excluding hydrogens is 420 g/mol. The van der Waals surface area contributed by atoms with E-state index >= 15 is 0 Å². The van der Waals surface area contributed by atoms with Crippen LogP contribution in [-0.4, -0.2) is 27.8 Å². The highest BCUT2D eigenvalue weighted by Crippen LogP contribution is 2.37. The van der Waals surface area contributed by atoms with E-state index in [0.717, 1.165) is 22.5 Å². The number of aromatic nitrogens is 3. The van der Waals surface area contributed by atoms with Crippen LogP contribution in [-0.2, 0) is 11.8 Å². The van der Waals surface area contributed by atoms with Gasteiger partial charge in [0, 0.05) is 12.6 Å². The van der Waals surface area contributed by atoms with Crippen molar-refractivity contribution in [3.8, 4) is 17.1 Å². The summed E-state index contributed by atoms with van der Waals surface area (Å²) in [5.74, 6) is 1.21. The molecule has 32 heavy (non-hydrogen) atoms. The molecule has 1 unspecified atom stereocenters. The van der Waals surface area contributed by atoms with Crippen LogP contribution in [0.4, 0.5) is 5.69 Å². The molecule has 4 rings (SSSR count). The molecule has 0 fully saturated rings. The Morgan fingerprint density at radius 3 is 2.38 bits per heavy atom. The number of carbonyl (C=O) groups is 1. The lowest BCUT2D eigenvalue weighted by molar-refractivity contribution is -0.115. The third-order valence-electron chi connectivity index (χ3n) is 5.04. The SMILES string of the molecule is COc1ccc(C)cc1NC(=O)C(Sc1nnc(-c2ccccc2)n1C)c1ccccc1. The molecule has 0 aliphatic heterocycles. The maximum absolute atomic E-state index is 13.4. The van der Waals surface area contributed by atoms with Crippen LogP contribution >= 0.6 is 11.8 Å². The van der Waals surface area contributed by atoms with E-state index in [1.54, 1.807) is 7.11 Å². The molecule has 1 amide bonds. The zero-order valence-electron chi connectivity index (χ0n) is 18.1. The van der Waals surface area contributed by atoms with E-state index in [1.165, 1.54) is 11.8 Å². The van der Waals surface area contributed by atoms with E-state index < -0.39 is 5.25 Å². The molecule has 0 spiro atoms. The minimum Gasteiger partial charge on any atom is -0.495 e. The van der Waals surface area contributed by atoms with Crippen LogP contribution in [0.5, 0.6) is 5.75 Å². The number of rotatable bonds is 7. The zero-order chi connectivity index (χ0) is 22.5. The Morgan fingerprint density at radius 1 is 1.00 bits per heavy atom. The first-order valence-electron chi connectivity index (χ1n) is 10.2. The second-order valence-electron chi connectivity index (χ2n) is 7.33. The van der Waals surface area contributed by atoms with Crippen LogP contribution < -0.4 is 10.1 Å². The fourth-order valence-corrected chi connectivity index (χ4v) is 4.38. The van der Waals surface area contributed by atoms with Crippen LogP contribution in [0.15, 0.2) is 84.0 Å². The molecule has 0 bridgehead atoms. The number of methoxy groups -OCH3 is 1. The number of anilines is 1. The van der Waals surface area contributed by atoms with Crippen molar-refractivity contribution in [2.24, 2.45) is 7.05 Å². The third kappa shape index (κ3) is 4.68. The van der Waals surface area contributed by atoms with Gasteiger partial charge in [0.25, 0.3) is 0 Å². The van der Waals surface area contributed by atoms with Crippen molar-refractivity contribution in [2.45, 2.75) is 17.3 Å². The molecule has 1 heterocycles. The number of hydrogen-bond donors (Lipinski definition) is 1. The summed E-state index contributed by atoms with van der Waals surface area (Å²) in [5.41, 5.74) is 3.53. The number of nitrogens with zero attached hydrogens (tertiary/aromatic N) is 3. The van der Waals surface area contributed by atoms with E-state index in [9.17, 15) is 4.79 Å². The Bertz CT molecular complexity index is 1210. The van der Waals surface area contributed by atoms with Crippen molar-refractivity contribution in [3.05, 3.63) is 90.0 Å². The number of hydrogen-bond acceptors (Lipinski definition) is 5. The predicted molar refractivity (Wildman–Crippen MR) is 128 cm³/mol. The molecular formula is C25H24N4O2S. The van der Waals surface area contributed by atoms with E-state index in [0.29, 0.717) is 16.6 Å². The molecule has 162 valence electrons. The molecule has 6 nitrogen and oxygen atoms in total. The molecule has 0 saturated heterocycles.